The fourth-order valence-corrected chi connectivity index (χ4v) is 4.27. The number of ketones is 1. The summed E-state index contributed by atoms with van der Waals surface area (Å²) >= 11 is 5.89. The lowest BCUT2D eigenvalue weighted by molar-refractivity contribution is -0.118. The molecule has 1 atom stereocenters. The van der Waals surface area contributed by atoms with Crippen LogP contribution in [0.25, 0.3) is 0 Å². The number of fused-ring (bicyclic) bond motifs is 1. The van der Waals surface area contributed by atoms with Crippen LogP contribution in [-0.2, 0) is 4.79 Å². The fraction of sp³-hybridized carbons (Fsp3) is 0.348. The number of hydrogen-bond acceptors (Lipinski definition) is 3. The third-order valence-corrected chi connectivity index (χ3v) is 6.01. The van der Waals surface area contributed by atoms with Gasteiger partial charge in [0.25, 0.3) is 0 Å². The molecule has 146 valence electrons. The van der Waals surface area contributed by atoms with Crippen LogP contribution in [0.3, 0.4) is 0 Å². The molecule has 0 spiro atoms. The number of halogens is 2. The number of benzene rings is 2. The minimum atomic E-state index is -0.482. The summed E-state index contributed by atoms with van der Waals surface area (Å²) in [5, 5.41) is 7.09. The van der Waals surface area contributed by atoms with E-state index in [0.717, 1.165) is 29.1 Å². The Labute approximate surface area is 170 Å². The van der Waals surface area contributed by atoms with Crippen LogP contribution in [0.5, 0.6) is 0 Å². The van der Waals surface area contributed by atoms with Crippen molar-refractivity contribution >= 4 is 28.8 Å². The van der Waals surface area contributed by atoms with Gasteiger partial charge in [0.15, 0.2) is 5.78 Å². The maximum atomic E-state index is 14.2. The number of Topliss-reactive ketones (excluding diaryl/α,β-unsaturated/α-hetero) is 1. The number of carbonyl (C=O) groups excluding carboxylic acids is 1. The number of anilines is 2. The van der Waals surface area contributed by atoms with Gasteiger partial charge in [0, 0.05) is 17.7 Å². The van der Waals surface area contributed by atoms with Crippen LogP contribution in [0.4, 0.5) is 15.8 Å². The minimum Gasteiger partial charge on any atom is -0.372 e. The maximum Gasteiger partial charge on any atom is 0.163 e. The molecule has 0 bridgehead atoms. The monoisotopic (exact) mass is 398 g/mol. The Bertz CT molecular complexity index is 1030. The molecular weight excluding hydrogens is 375 g/mol. The van der Waals surface area contributed by atoms with E-state index in [0.29, 0.717) is 17.6 Å². The summed E-state index contributed by atoms with van der Waals surface area (Å²) in [4.78, 5) is 13.2. The van der Waals surface area contributed by atoms with Crippen molar-refractivity contribution in [2.24, 2.45) is 5.41 Å². The van der Waals surface area contributed by atoms with Crippen LogP contribution in [0.15, 0.2) is 41.6 Å². The summed E-state index contributed by atoms with van der Waals surface area (Å²) in [6, 6.07) is 8.49. The van der Waals surface area contributed by atoms with E-state index < -0.39 is 11.9 Å². The Balaban J connectivity index is 1.91. The van der Waals surface area contributed by atoms with Crippen molar-refractivity contribution in [3.8, 4) is 0 Å². The summed E-state index contributed by atoms with van der Waals surface area (Å²) in [6.45, 7) is 8.33. The molecule has 1 aliphatic carbocycles. The molecule has 2 N–H and O–H groups in total. The molecule has 28 heavy (non-hydrogen) atoms. The summed E-state index contributed by atoms with van der Waals surface area (Å²) in [5.41, 5.74) is 6.34. The number of carbonyl (C=O) groups is 1. The molecule has 0 fully saturated rings. The van der Waals surface area contributed by atoms with Gasteiger partial charge in [-0.2, -0.15) is 0 Å². The first-order chi connectivity index (χ1) is 13.1. The molecule has 5 heteroatoms. The first-order valence-electron chi connectivity index (χ1n) is 9.51. The van der Waals surface area contributed by atoms with Gasteiger partial charge in [0.05, 0.1) is 22.4 Å². The summed E-state index contributed by atoms with van der Waals surface area (Å²) in [6.07, 6.45) is 1.23. The van der Waals surface area contributed by atoms with Gasteiger partial charge < -0.3 is 10.6 Å². The van der Waals surface area contributed by atoms with Crippen molar-refractivity contribution < 1.29 is 9.18 Å². The van der Waals surface area contributed by atoms with Crippen molar-refractivity contribution in [1.29, 1.82) is 0 Å². The van der Waals surface area contributed by atoms with Gasteiger partial charge in [0.1, 0.15) is 5.82 Å². The maximum absolute atomic E-state index is 14.2. The van der Waals surface area contributed by atoms with E-state index in [2.05, 4.69) is 50.5 Å². The Kier molecular flexibility index (Phi) is 4.50. The molecule has 0 aromatic heterocycles. The molecular formula is C23H24ClFN2O. The van der Waals surface area contributed by atoms with Gasteiger partial charge in [-0.1, -0.05) is 31.5 Å². The SMILES string of the molecule is Cc1cc2c(cc1C)N[C@H](c1ccc(Cl)c(F)c1)C1=C(CC(C)(C)CC1=O)N2. The molecule has 2 aromatic carbocycles. The van der Waals surface area contributed by atoms with Gasteiger partial charge in [-0.25, -0.2) is 4.39 Å². The molecule has 0 saturated carbocycles. The molecule has 1 heterocycles. The number of hydrogen-bond donors (Lipinski definition) is 2. The number of aryl methyl sites for hydroxylation is 2. The first-order valence-corrected chi connectivity index (χ1v) is 9.88. The van der Waals surface area contributed by atoms with E-state index in [1.165, 1.54) is 11.6 Å². The zero-order valence-corrected chi connectivity index (χ0v) is 17.3. The topological polar surface area (TPSA) is 41.1 Å². The zero-order chi connectivity index (χ0) is 20.2. The predicted octanol–water partition coefficient (Wildman–Crippen LogP) is 6.32. The Hall–Kier alpha value is -2.33. The first kappa shape index (κ1) is 19.0. The summed E-state index contributed by atoms with van der Waals surface area (Å²) in [7, 11) is 0. The van der Waals surface area contributed by atoms with Crippen molar-refractivity contribution in [2.45, 2.75) is 46.6 Å². The quantitative estimate of drug-likeness (QED) is 0.590. The van der Waals surface area contributed by atoms with Crippen molar-refractivity contribution in [3.05, 3.63) is 69.1 Å². The molecule has 0 amide bonds. The normalized spacial score (nSPS) is 20.6. The van der Waals surface area contributed by atoms with Gasteiger partial charge in [-0.15, -0.1) is 0 Å². The highest BCUT2D eigenvalue weighted by Gasteiger charge is 2.38. The predicted molar refractivity (Wildman–Crippen MR) is 112 cm³/mol. The van der Waals surface area contributed by atoms with E-state index in [1.807, 2.05) is 0 Å². The lowest BCUT2D eigenvalue weighted by Gasteiger charge is -2.34. The van der Waals surface area contributed by atoms with Gasteiger partial charge in [-0.3, -0.25) is 4.79 Å². The lowest BCUT2D eigenvalue weighted by atomic mass is 9.73. The molecule has 1 aliphatic heterocycles. The van der Waals surface area contributed by atoms with Gasteiger partial charge in [-0.05, 0) is 66.6 Å². The summed E-state index contributed by atoms with van der Waals surface area (Å²) < 4.78 is 14.2. The highest BCUT2D eigenvalue weighted by atomic mass is 35.5. The lowest BCUT2D eigenvalue weighted by Crippen LogP contribution is -2.31. The molecule has 3 nitrogen and oxygen atoms in total. The van der Waals surface area contributed by atoms with E-state index in [1.54, 1.807) is 12.1 Å². The highest BCUT2D eigenvalue weighted by molar-refractivity contribution is 6.30. The molecule has 0 radical (unpaired) electrons. The number of allylic oxidation sites excluding steroid dienone is 1. The smallest absolute Gasteiger partial charge is 0.163 e. The van der Waals surface area contributed by atoms with Crippen LogP contribution < -0.4 is 10.6 Å². The average Bonchev–Trinajstić information content (AvgIpc) is 2.73. The third kappa shape index (κ3) is 3.30. The van der Waals surface area contributed by atoms with E-state index >= 15 is 0 Å². The van der Waals surface area contributed by atoms with Crippen molar-refractivity contribution in [1.82, 2.24) is 0 Å². The van der Waals surface area contributed by atoms with Crippen LogP contribution in [0, 0.1) is 25.1 Å². The van der Waals surface area contributed by atoms with Gasteiger partial charge >= 0.3 is 0 Å². The number of nitrogens with one attached hydrogen (secondary N) is 2. The average molecular weight is 399 g/mol. The second-order valence-electron chi connectivity index (χ2n) is 8.69. The Morgan fingerprint density at radius 2 is 1.75 bits per heavy atom. The molecule has 0 unspecified atom stereocenters. The number of rotatable bonds is 1. The van der Waals surface area contributed by atoms with E-state index in [9.17, 15) is 9.18 Å². The van der Waals surface area contributed by atoms with Crippen LogP contribution in [0.1, 0.15) is 49.4 Å². The van der Waals surface area contributed by atoms with E-state index in [4.69, 9.17) is 11.6 Å². The molecule has 4 rings (SSSR count). The third-order valence-electron chi connectivity index (χ3n) is 5.70. The second kappa shape index (κ2) is 6.63. The largest absolute Gasteiger partial charge is 0.372 e. The van der Waals surface area contributed by atoms with Gasteiger partial charge in [0.2, 0.25) is 0 Å². The van der Waals surface area contributed by atoms with Crippen molar-refractivity contribution in [2.75, 3.05) is 10.6 Å². The second-order valence-corrected chi connectivity index (χ2v) is 9.10. The Morgan fingerprint density at radius 1 is 1.07 bits per heavy atom. The van der Waals surface area contributed by atoms with Crippen LogP contribution in [0.2, 0.25) is 5.02 Å². The Morgan fingerprint density at radius 3 is 2.43 bits per heavy atom. The standard InChI is InChI=1S/C23H24ClFN2O/c1-12-7-17-18(8-13(12)2)27-22(14-5-6-15(24)16(25)9-14)21-19(26-17)10-23(3,4)11-20(21)28/h5-9,22,26-27H,10-11H2,1-4H3/t22-/m1/s1. The minimum absolute atomic E-state index is 0.0765. The molecule has 2 aromatic rings. The molecule has 2 aliphatic rings. The van der Waals surface area contributed by atoms with E-state index in [-0.39, 0.29) is 16.2 Å². The zero-order valence-electron chi connectivity index (χ0n) is 16.5. The summed E-state index contributed by atoms with van der Waals surface area (Å²) in [5.74, 6) is -0.392. The molecule has 0 saturated heterocycles. The highest BCUT2D eigenvalue weighted by Crippen LogP contribution is 2.46. The van der Waals surface area contributed by atoms with Crippen LogP contribution >= 0.6 is 11.6 Å². The van der Waals surface area contributed by atoms with Crippen LogP contribution in [-0.4, -0.2) is 5.78 Å². The van der Waals surface area contributed by atoms with Crippen molar-refractivity contribution in [3.63, 3.8) is 0 Å². The fourth-order valence-electron chi connectivity index (χ4n) is 4.15.